The molecule has 0 radical (unpaired) electrons. The van der Waals surface area contributed by atoms with Crippen molar-refractivity contribution in [1.29, 1.82) is 0 Å². The maximum Gasteiger partial charge on any atom is 0.172 e. The van der Waals surface area contributed by atoms with Crippen LogP contribution in [0.3, 0.4) is 0 Å². The summed E-state index contributed by atoms with van der Waals surface area (Å²) in [5.41, 5.74) is 0.776. The van der Waals surface area contributed by atoms with Crippen LogP contribution in [0.2, 0.25) is 0 Å². The number of carbonyl (C=O) groups is 1. The summed E-state index contributed by atoms with van der Waals surface area (Å²) in [7, 11) is 0. The minimum atomic E-state index is -0.398. The first-order valence-corrected chi connectivity index (χ1v) is 5.61. The summed E-state index contributed by atoms with van der Waals surface area (Å²) in [6.45, 7) is 5.78. The molecule has 0 saturated carbocycles. The minimum Gasteiger partial charge on any atom is -0.296 e. The standard InChI is InChI=1S/C13H14FN3O/c1-13(2,3)12-10(8-18)15-16-17(12)11-7-5-4-6-9(11)14/h4-8H,1-3H3. The Balaban J connectivity index is 2.70. The van der Waals surface area contributed by atoms with Gasteiger partial charge < -0.3 is 0 Å². The third-order valence-corrected chi connectivity index (χ3v) is 2.60. The molecule has 0 fully saturated rings. The molecule has 0 amide bonds. The Hall–Kier alpha value is -2.04. The van der Waals surface area contributed by atoms with Crippen LogP contribution in [-0.2, 0) is 5.41 Å². The lowest BCUT2D eigenvalue weighted by atomic mass is 9.90. The van der Waals surface area contributed by atoms with Crippen molar-refractivity contribution < 1.29 is 9.18 Å². The fourth-order valence-electron chi connectivity index (χ4n) is 1.87. The van der Waals surface area contributed by atoms with Gasteiger partial charge in [0.25, 0.3) is 0 Å². The molecule has 5 heteroatoms. The van der Waals surface area contributed by atoms with Crippen LogP contribution >= 0.6 is 0 Å². The van der Waals surface area contributed by atoms with E-state index in [-0.39, 0.29) is 11.1 Å². The number of hydrogen-bond donors (Lipinski definition) is 0. The van der Waals surface area contributed by atoms with E-state index in [1.54, 1.807) is 18.2 Å². The van der Waals surface area contributed by atoms with Crippen LogP contribution in [0.5, 0.6) is 0 Å². The molecule has 0 aliphatic rings. The lowest BCUT2D eigenvalue weighted by molar-refractivity contribution is 0.111. The number of benzene rings is 1. The monoisotopic (exact) mass is 247 g/mol. The van der Waals surface area contributed by atoms with Gasteiger partial charge in [-0.25, -0.2) is 9.07 Å². The number of nitrogens with zero attached hydrogens (tertiary/aromatic N) is 3. The first-order valence-electron chi connectivity index (χ1n) is 5.61. The fourth-order valence-corrected chi connectivity index (χ4v) is 1.87. The van der Waals surface area contributed by atoms with Gasteiger partial charge in [-0.2, -0.15) is 0 Å². The first-order chi connectivity index (χ1) is 8.45. The largest absolute Gasteiger partial charge is 0.296 e. The Bertz CT molecular complexity index is 584. The van der Waals surface area contributed by atoms with Crippen molar-refractivity contribution in [2.45, 2.75) is 26.2 Å². The average Bonchev–Trinajstić information content (AvgIpc) is 2.73. The molecule has 0 aliphatic carbocycles. The molecular formula is C13H14FN3O. The predicted octanol–water partition coefficient (Wildman–Crippen LogP) is 2.52. The van der Waals surface area contributed by atoms with Gasteiger partial charge in [-0.05, 0) is 12.1 Å². The molecule has 0 atom stereocenters. The van der Waals surface area contributed by atoms with Crippen molar-refractivity contribution in [3.63, 3.8) is 0 Å². The van der Waals surface area contributed by atoms with Crippen molar-refractivity contribution in [1.82, 2.24) is 15.0 Å². The van der Waals surface area contributed by atoms with E-state index in [0.29, 0.717) is 17.7 Å². The molecule has 0 aliphatic heterocycles. The number of carbonyl (C=O) groups excluding carboxylic acids is 1. The maximum atomic E-state index is 13.8. The van der Waals surface area contributed by atoms with Crippen molar-refractivity contribution in [2.24, 2.45) is 0 Å². The van der Waals surface area contributed by atoms with Crippen LogP contribution in [-0.4, -0.2) is 21.3 Å². The Morgan fingerprint density at radius 2 is 1.94 bits per heavy atom. The number of para-hydroxylation sites is 1. The van der Waals surface area contributed by atoms with Gasteiger partial charge in [0.15, 0.2) is 6.29 Å². The minimum absolute atomic E-state index is 0.241. The highest BCUT2D eigenvalue weighted by Crippen LogP contribution is 2.27. The highest BCUT2D eigenvalue weighted by Gasteiger charge is 2.26. The van der Waals surface area contributed by atoms with E-state index in [0.717, 1.165) is 0 Å². The highest BCUT2D eigenvalue weighted by atomic mass is 19.1. The van der Waals surface area contributed by atoms with Crippen LogP contribution in [0.1, 0.15) is 37.0 Å². The van der Waals surface area contributed by atoms with Gasteiger partial charge >= 0.3 is 0 Å². The topological polar surface area (TPSA) is 47.8 Å². The van der Waals surface area contributed by atoms with E-state index < -0.39 is 5.82 Å². The number of aldehydes is 1. The van der Waals surface area contributed by atoms with Gasteiger partial charge in [0.1, 0.15) is 17.2 Å². The van der Waals surface area contributed by atoms with Crippen LogP contribution < -0.4 is 0 Å². The number of rotatable bonds is 2. The Morgan fingerprint density at radius 3 is 2.50 bits per heavy atom. The second-order valence-corrected chi connectivity index (χ2v) is 5.05. The molecule has 0 unspecified atom stereocenters. The van der Waals surface area contributed by atoms with Crippen molar-refractivity contribution in [2.75, 3.05) is 0 Å². The first kappa shape index (κ1) is 12.4. The van der Waals surface area contributed by atoms with E-state index >= 15 is 0 Å². The Morgan fingerprint density at radius 1 is 1.28 bits per heavy atom. The predicted molar refractivity (Wildman–Crippen MR) is 65.4 cm³/mol. The summed E-state index contributed by atoms with van der Waals surface area (Å²) in [4.78, 5) is 11.0. The van der Waals surface area contributed by atoms with Gasteiger partial charge in [-0.1, -0.05) is 38.1 Å². The molecule has 0 N–H and O–H groups in total. The molecule has 0 saturated heterocycles. The van der Waals surface area contributed by atoms with Gasteiger partial charge in [0.05, 0.1) is 5.69 Å². The van der Waals surface area contributed by atoms with E-state index in [2.05, 4.69) is 10.3 Å². The molecule has 0 bridgehead atoms. The van der Waals surface area contributed by atoms with Gasteiger partial charge in [-0.3, -0.25) is 4.79 Å². The highest BCUT2D eigenvalue weighted by molar-refractivity contribution is 5.74. The Labute approximate surface area is 104 Å². The van der Waals surface area contributed by atoms with Crippen LogP contribution in [0.4, 0.5) is 4.39 Å². The molecule has 0 spiro atoms. The molecular weight excluding hydrogens is 233 g/mol. The van der Waals surface area contributed by atoms with Gasteiger partial charge in [-0.15, -0.1) is 5.10 Å². The van der Waals surface area contributed by atoms with Crippen molar-refractivity contribution >= 4 is 6.29 Å². The maximum absolute atomic E-state index is 13.8. The summed E-state index contributed by atoms with van der Waals surface area (Å²) in [5, 5.41) is 7.68. The van der Waals surface area contributed by atoms with Crippen molar-refractivity contribution in [3.05, 3.63) is 41.5 Å². The third-order valence-electron chi connectivity index (χ3n) is 2.60. The van der Waals surface area contributed by atoms with Crippen LogP contribution in [0, 0.1) is 5.82 Å². The molecule has 2 aromatic rings. The zero-order valence-electron chi connectivity index (χ0n) is 10.5. The van der Waals surface area contributed by atoms with Crippen LogP contribution in [0.15, 0.2) is 24.3 Å². The lowest BCUT2D eigenvalue weighted by Gasteiger charge is -2.20. The molecule has 4 nitrogen and oxygen atoms in total. The third kappa shape index (κ3) is 2.03. The zero-order chi connectivity index (χ0) is 13.3. The molecule has 18 heavy (non-hydrogen) atoms. The summed E-state index contributed by atoms with van der Waals surface area (Å²) in [5.74, 6) is -0.398. The van der Waals surface area contributed by atoms with Crippen molar-refractivity contribution in [3.8, 4) is 5.69 Å². The Kier molecular flexibility index (Phi) is 2.98. The number of halogens is 1. The average molecular weight is 247 g/mol. The molecule has 1 aromatic carbocycles. The fraction of sp³-hybridized carbons (Fsp3) is 0.308. The van der Waals surface area contributed by atoms with Gasteiger partial charge in [0, 0.05) is 5.41 Å². The van der Waals surface area contributed by atoms with E-state index in [4.69, 9.17) is 0 Å². The SMILES string of the molecule is CC(C)(C)c1c(C=O)nnn1-c1ccccc1F. The molecule has 2 rings (SSSR count). The summed E-state index contributed by atoms with van der Waals surface area (Å²) >= 11 is 0. The molecule has 94 valence electrons. The van der Waals surface area contributed by atoms with Gasteiger partial charge in [0.2, 0.25) is 0 Å². The number of aromatic nitrogens is 3. The second-order valence-electron chi connectivity index (χ2n) is 5.05. The smallest absolute Gasteiger partial charge is 0.172 e. The van der Waals surface area contributed by atoms with E-state index in [1.807, 2.05) is 20.8 Å². The summed E-state index contributed by atoms with van der Waals surface area (Å²) in [6, 6.07) is 6.28. The summed E-state index contributed by atoms with van der Waals surface area (Å²) < 4.78 is 15.2. The normalized spacial score (nSPS) is 11.6. The summed E-state index contributed by atoms with van der Waals surface area (Å²) in [6.07, 6.45) is 0.644. The van der Waals surface area contributed by atoms with E-state index in [9.17, 15) is 9.18 Å². The quantitative estimate of drug-likeness (QED) is 0.766. The molecule has 1 aromatic heterocycles. The van der Waals surface area contributed by atoms with Crippen LogP contribution in [0.25, 0.3) is 5.69 Å². The molecule has 1 heterocycles. The second kappa shape index (κ2) is 4.33. The van der Waals surface area contributed by atoms with E-state index in [1.165, 1.54) is 10.7 Å². The zero-order valence-corrected chi connectivity index (χ0v) is 10.5. The lowest BCUT2D eigenvalue weighted by Crippen LogP contribution is -2.20. The number of hydrogen-bond acceptors (Lipinski definition) is 3.